The minimum Gasteiger partial charge on any atom is -0.245 e. The van der Waals surface area contributed by atoms with Crippen molar-refractivity contribution in [2.75, 3.05) is 5.43 Å². The lowest BCUT2D eigenvalue weighted by Crippen LogP contribution is -2.04. The standard InChI is InChI=1S/C26H21N5/c1-19-12-14-22(15-13-19)24-16-23-17-25(21-10-6-3-7-11-21)30-31(23)26(28-24)29-27-18-20-8-4-2-5-9-20/h2-18H,1H3,(H,28,29). The molecule has 5 nitrogen and oxygen atoms in total. The predicted octanol–water partition coefficient (Wildman–Crippen LogP) is 5.82. The van der Waals surface area contributed by atoms with Gasteiger partial charge in [0.1, 0.15) is 0 Å². The third-order valence-corrected chi connectivity index (χ3v) is 5.04. The van der Waals surface area contributed by atoms with Crippen molar-refractivity contribution in [2.45, 2.75) is 6.92 Å². The molecule has 0 aliphatic rings. The number of hydrogen-bond donors (Lipinski definition) is 1. The number of hydrazone groups is 1. The Morgan fingerprint density at radius 1 is 0.774 bits per heavy atom. The maximum atomic E-state index is 4.81. The molecule has 5 heteroatoms. The molecule has 0 fully saturated rings. The Balaban J connectivity index is 1.58. The molecule has 2 aromatic heterocycles. The predicted molar refractivity (Wildman–Crippen MR) is 126 cm³/mol. The van der Waals surface area contributed by atoms with E-state index < -0.39 is 0 Å². The van der Waals surface area contributed by atoms with E-state index in [0.717, 1.165) is 33.6 Å². The molecular formula is C26H21N5. The van der Waals surface area contributed by atoms with Crippen LogP contribution in [0.3, 0.4) is 0 Å². The van der Waals surface area contributed by atoms with Crippen molar-refractivity contribution in [1.82, 2.24) is 14.6 Å². The van der Waals surface area contributed by atoms with Crippen LogP contribution in [0.15, 0.2) is 102 Å². The molecule has 1 N–H and O–H groups in total. The summed E-state index contributed by atoms with van der Waals surface area (Å²) in [4.78, 5) is 4.81. The quantitative estimate of drug-likeness (QED) is 0.297. The second kappa shape index (κ2) is 8.24. The number of nitrogens with zero attached hydrogens (tertiary/aromatic N) is 4. The maximum absolute atomic E-state index is 4.81. The van der Waals surface area contributed by atoms with E-state index in [-0.39, 0.29) is 0 Å². The van der Waals surface area contributed by atoms with E-state index in [0.29, 0.717) is 5.95 Å². The lowest BCUT2D eigenvalue weighted by molar-refractivity contribution is 0.925. The molecule has 31 heavy (non-hydrogen) atoms. The van der Waals surface area contributed by atoms with Gasteiger partial charge in [-0.3, -0.25) is 0 Å². The fourth-order valence-corrected chi connectivity index (χ4v) is 3.40. The summed E-state index contributed by atoms with van der Waals surface area (Å²) in [5, 5.41) is 9.17. The molecule has 0 spiro atoms. The van der Waals surface area contributed by atoms with E-state index in [4.69, 9.17) is 10.1 Å². The number of nitrogens with one attached hydrogen (secondary N) is 1. The zero-order valence-electron chi connectivity index (χ0n) is 17.1. The molecule has 0 amide bonds. The molecule has 0 radical (unpaired) electrons. The smallest absolute Gasteiger partial charge is 0.245 e. The Hall–Kier alpha value is -4.25. The summed E-state index contributed by atoms with van der Waals surface area (Å²) in [6.45, 7) is 2.08. The van der Waals surface area contributed by atoms with Crippen LogP contribution in [0.5, 0.6) is 0 Å². The Labute approximate surface area is 180 Å². The van der Waals surface area contributed by atoms with Gasteiger partial charge < -0.3 is 0 Å². The first-order chi connectivity index (χ1) is 15.3. The minimum absolute atomic E-state index is 0.558. The number of aryl methyl sites for hydroxylation is 1. The lowest BCUT2D eigenvalue weighted by atomic mass is 10.1. The zero-order valence-corrected chi connectivity index (χ0v) is 17.1. The van der Waals surface area contributed by atoms with Crippen LogP contribution in [-0.4, -0.2) is 20.8 Å². The van der Waals surface area contributed by atoms with E-state index in [2.05, 4.69) is 66.0 Å². The van der Waals surface area contributed by atoms with Gasteiger partial charge in [-0.05, 0) is 24.6 Å². The maximum Gasteiger partial charge on any atom is 0.245 e. The molecule has 5 rings (SSSR count). The number of hydrogen-bond acceptors (Lipinski definition) is 4. The van der Waals surface area contributed by atoms with Gasteiger partial charge in [0, 0.05) is 11.1 Å². The van der Waals surface area contributed by atoms with Crippen LogP contribution in [0, 0.1) is 6.92 Å². The van der Waals surface area contributed by atoms with Gasteiger partial charge in [-0.2, -0.15) is 14.7 Å². The van der Waals surface area contributed by atoms with Crippen molar-refractivity contribution >= 4 is 17.7 Å². The number of benzene rings is 3. The molecule has 3 aromatic carbocycles. The van der Waals surface area contributed by atoms with Crippen LogP contribution in [0.1, 0.15) is 11.1 Å². The number of rotatable bonds is 5. The van der Waals surface area contributed by atoms with Gasteiger partial charge in [-0.15, -0.1) is 0 Å². The van der Waals surface area contributed by atoms with Crippen molar-refractivity contribution in [3.63, 3.8) is 0 Å². The van der Waals surface area contributed by atoms with Gasteiger partial charge in [-0.25, -0.2) is 10.4 Å². The summed E-state index contributed by atoms with van der Waals surface area (Å²) in [5.41, 5.74) is 10.1. The average molecular weight is 403 g/mol. The molecule has 5 aromatic rings. The van der Waals surface area contributed by atoms with Crippen LogP contribution in [0.4, 0.5) is 5.95 Å². The fourth-order valence-electron chi connectivity index (χ4n) is 3.40. The third-order valence-electron chi connectivity index (χ3n) is 5.04. The minimum atomic E-state index is 0.558. The molecule has 0 unspecified atom stereocenters. The number of anilines is 1. The number of aromatic nitrogens is 3. The monoisotopic (exact) mass is 403 g/mol. The van der Waals surface area contributed by atoms with Crippen LogP contribution in [0.25, 0.3) is 28.0 Å². The van der Waals surface area contributed by atoms with Crippen LogP contribution >= 0.6 is 0 Å². The summed E-state index contributed by atoms with van der Waals surface area (Å²) >= 11 is 0. The van der Waals surface area contributed by atoms with E-state index >= 15 is 0 Å². The molecular weight excluding hydrogens is 382 g/mol. The van der Waals surface area contributed by atoms with Crippen molar-refractivity contribution < 1.29 is 0 Å². The topological polar surface area (TPSA) is 54.6 Å². The van der Waals surface area contributed by atoms with Crippen molar-refractivity contribution in [2.24, 2.45) is 5.10 Å². The molecule has 0 aliphatic carbocycles. The second-order valence-electron chi connectivity index (χ2n) is 7.34. The van der Waals surface area contributed by atoms with E-state index in [1.807, 2.05) is 48.5 Å². The zero-order chi connectivity index (χ0) is 21.0. The highest BCUT2D eigenvalue weighted by Gasteiger charge is 2.12. The highest BCUT2D eigenvalue weighted by Crippen LogP contribution is 2.26. The molecule has 0 saturated heterocycles. The first kappa shape index (κ1) is 18.8. The molecule has 0 bridgehead atoms. The average Bonchev–Trinajstić information content (AvgIpc) is 3.25. The fraction of sp³-hybridized carbons (Fsp3) is 0.0385. The summed E-state index contributed by atoms with van der Waals surface area (Å²) in [7, 11) is 0. The van der Waals surface area contributed by atoms with Gasteiger partial charge in [0.2, 0.25) is 5.95 Å². The Bertz CT molecular complexity index is 1340. The third kappa shape index (κ3) is 4.07. The summed E-state index contributed by atoms with van der Waals surface area (Å²) in [6, 6.07) is 32.5. The van der Waals surface area contributed by atoms with E-state index in [1.165, 1.54) is 5.56 Å². The molecule has 0 saturated carbocycles. The molecule has 0 aliphatic heterocycles. The van der Waals surface area contributed by atoms with Crippen molar-refractivity contribution in [3.8, 4) is 22.5 Å². The lowest BCUT2D eigenvalue weighted by Gasteiger charge is -2.07. The van der Waals surface area contributed by atoms with Gasteiger partial charge in [0.05, 0.1) is 23.1 Å². The van der Waals surface area contributed by atoms with E-state index in [1.54, 1.807) is 10.7 Å². The van der Waals surface area contributed by atoms with Crippen LogP contribution in [0.2, 0.25) is 0 Å². The van der Waals surface area contributed by atoms with Gasteiger partial charge in [0.15, 0.2) is 0 Å². The normalized spacial score (nSPS) is 11.3. The molecule has 0 atom stereocenters. The first-order valence-electron chi connectivity index (χ1n) is 10.1. The van der Waals surface area contributed by atoms with Gasteiger partial charge in [0.25, 0.3) is 0 Å². The highest BCUT2D eigenvalue weighted by atomic mass is 15.4. The largest absolute Gasteiger partial charge is 0.245 e. The Morgan fingerprint density at radius 2 is 1.42 bits per heavy atom. The van der Waals surface area contributed by atoms with Gasteiger partial charge >= 0.3 is 0 Å². The molecule has 150 valence electrons. The molecule has 2 heterocycles. The Kier molecular flexibility index (Phi) is 4.99. The summed E-state index contributed by atoms with van der Waals surface area (Å²) in [5.74, 6) is 0.558. The van der Waals surface area contributed by atoms with Crippen molar-refractivity contribution in [1.29, 1.82) is 0 Å². The van der Waals surface area contributed by atoms with Crippen molar-refractivity contribution in [3.05, 3.63) is 108 Å². The van der Waals surface area contributed by atoms with Gasteiger partial charge in [-0.1, -0.05) is 90.5 Å². The van der Waals surface area contributed by atoms with Crippen LogP contribution < -0.4 is 5.43 Å². The second-order valence-corrected chi connectivity index (χ2v) is 7.34. The number of fused-ring (bicyclic) bond motifs is 1. The van der Waals surface area contributed by atoms with E-state index in [9.17, 15) is 0 Å². The van der Waals surface area contributed by atoms with Crippen LogP contribution in [-0.2, 0) is 0 Å². The first-order valence-corrected chi connectivity index (χ1v) is 10.1. The SMILES string of the molecule is Cc1ccc(-c2cc3cc(-c4ccccc4)nn3c(NN=Cc3ccccc3)n2)cc1. The summed E-state index contributed by atoms with van der Waals surface area (Å²) in [6.07, 6.45) is 1.77. The Morgan fingerprint density at radius 3 is 2.16 bits per heavy atom. The summed E-state index contributed by atoms with van der Waals surface area (Å²) < 4.78 is 1.79. The highest BCUT2D eigenvalue weighted by molar-refractivity contribution is 5.80.